The van der Waals surface area contributed by atoms with Gasteiger partial charge in [0.05, 0.1) is 11.0 Å². The Labute approximate surface area is 177 Å². The minimum Gasteiger partial charge on any atom is -0.356 e. The number of hydrogen-bond acceptors (Lipinski definition) is 2. The van der Waals surface area contributed by atoms with Crippen molar-refractivity contribution in [3.8, 4) is 0 Å². The minimum absolute atomic E-state index is 0.0896. The van der Waals surface area contributed by atoms with Gasteiger partial charge in [-0.1, -0.05) is 75.4 Å². The van der Waals surface area contributed by atoms with Crippen LogP contribution in [-0.2, 0) is 17.8 Å². The number of hydrogen-bond donors (Lipinski definition) is 1. The van der Waals surface area contributed by atoms with Gasteiger partial charge in [0.1, 0.15) is 5.82 Å². The molecule has 0 fully saturated rings. The fourth-order valence-electron chi connectivity index (χ4n) is 3.81. The normalized spacial score (nSPS) is 11.8. The summed E-state index contributed by atoms with van der Waals surface area (Å²) >= 11 is 0. The average molecular weight is 400 g/mol. The SMILES string of the molecule is CC(C)(C)C(=O)NCCCc1nc2ccccc2n1Cc1cccc2ccccc12. The number of fused-ring (bicyclic) bond motifs is 2. The minimum atomic E-state index is -0.360. The molecular formula is C26H29N3O. The Kier molecular flexibility index (Phi) is 5.58. The maximum absolute atomic E-state index is 12.1. The molecule has 0 atom stereocenters. The van der Waals surface area contributed by atoms with E-state index in [0.717, 1.165) is 36.2 Å². The molecule has 0 unspecified atom stereocenters. The van der Waals surface area contributed by atoms with E-state index in [0.29, 0.717) is 6.54 Å². The molecule has 0 bridgehead atoms. The number of benzene rings is 3. The smallest absolute Gasteiger partial charge is 0.225 e. The molecule has 1 N–H and O–H groups in total. The number of aromatic nitrogens is 2. The summed E-state index contributed by atoms with van der Waals surface area (Å²) in [7, 11) is 0. The molecule has 3 aromatic carbocycles. The molecule has 4 heteroatoms. The number of nitrogens with one attached hydrogen (secondary N) is 1. The maximum Gasteiger partial charge on any atom is 0.225 e. The van der Waals surface area contributed by atoms with Crippen molar-refractivity contribution in [3.63, 3.8) is 0 Å². The van der Waals surface area contributed by atoms with Crippen LogP contribution in [0.25, 0.3) is 21.8 Å². The van der Waals surface area contributed by atoms with E-state index >= 15 is 0 Å². The van der Waals surface area contributed by atoms with Crippen molar-refractivity contribution in [2.75, 3.05) is 6.54 Å². The Hall–Kier alpha value is -3.14. The lowest BCUT2D eigenvalue weighted by Crippen LogP contribution is -2.35. The highest BCUT2D eigenvalue weighted by molar-refractivity contribution is 5.86. The van der Waals surface area contributed by atoms with E-state index in [1.165, 1.54) is 16.3 Å². The molecule has 1 amide bonds. The molecule has 4 aromatic rings. The summed E-state index contributed by atoms with van der Waals surface area (Å²) in [5.74, 6) is 1.15. The number of rotatable bonds is 6. The predicted octanol–water partition coefficient (Wildman–Crippen LogP) is 5.33. The molecular weight excluding hydrogens is 370 g/mol. The van der Waals surface area contributed by atoms with Gasteiger partial charge in [-0.05, 0) is 34.9 Å². The number of para-hydroxylation sites is 2. The van der Waals surface area contributed by atoms with E-state index in [-0.39, 0.29) is 11.3 Å². The number of imidazole rings is 1. The number of carbonyl (C=O) groups excluding carboxylic acids is 1. The molecule has 0 spiro atoms. The van der Waals surface area contributed by atoms with Crippen LogP contribution in [-0.4, -0.2) is 22.0 Å². The average Bonchev–Trinajstić information content (AvgIpc) is 3.08. The number of amides is 1. The van der Waals surface area contributed by atoms with Crippen LogP contribution in [0.15, 0.2) is 66.7 Å². The van der Waals surface area contributed by atoms with Crippen molar-refractivity contribution in [2.24, 2.45) is 5.41 Å². The molecule has 4 rings (SSSR count). The van der Waals surface area contributed by atoms with Gasteiger partial charge >= 0.3 is 0 Å². The lowest BCUT2D eigenvalue weighted by Gasteiger charge is -2.17. The van der Waals surface area contributed by atoms with Crippen LogP contribution in [0.3, 0.4) is 0 Å². The molecule has 4 nitrogen and oxygen atoms in total. The first-order valence-corrected chi connectivity index (χ1v) is 10.6. The van der Waals surface area contributed by atoms with Crippen LogP contribution in [0.1, 0.15) is 38.6 Å². The standard InChI is InChI=1S/C26H29N3O/c1-26(2,3)25(30)27-17-9-16-24-28-22-14-6-7-15-23(22)29(24)18-20-12-8-11-19-10-4-5-13-21(19)20/h4-8,10-15H,9,16-18H2,1-3H3,(H,27,30). The largest absolute Gasteiger partial charge is 0.356 e. The summed E-state index contributed by atoms with van der Waals surface area (Å²) < 4.78 is 2.32. The second-order valence-electron chi connectivity index (χ2n) is 8.85. The molecule has 0 saturated carbocycles. The maximum atomic E-state index is 12.1. The summed E-state index contributed by atoms with van der Waals surface area (Å²) in [4.78, 5) is 17.0. The van der Waals surface area contributed by atoms with Crippen LogP contribution >= 0.6 is 0 Å². The molecule has 0 aliphatic carbocycles. The van der Waals surface area contributed by atoms with Crippen molar-refractivity contribution in [1.29, 1.82) is 0 Å². The first-order valence-electron chi connectivity index (χ1n) is 10.6. The molecule has 154 valence electrons. The zero-order valence-electron chi connectivity index (χ0n) is 18.0. The van der Waals surface area contributed by atoms with Gasteiger partial charge in [-0.25, -0.2) is 4.98 Å². The lowest BCUT2D eigenvalue weighted by molar-refractivity contribution is -0.128. The van der Waals surface area contributed by atoms with Gasteiger partial charge < -0.3 is 9.88 Å². The first kappa shape index (κ1) is 20.1. The fraction of sp³-hybridized carbons (Fsp3) is 0.308. The van der Waals surface area contributed by atoms with Gasteiger partial charge in [0, 0.05) is 24.9 Å². The second-order valence-corrected chi connectivity index (χ2v) is 8.85. The van der Waals surface area contributed by atoms with Crippen molar-refractivity contribution in [1.82, 2.24) is 14.9 Å². The van der Waals surface area contributed by atoms with Crippen LogP contribution < -0.4 is 5.32 Å². The molecule has 1 heterocycles. The van der Waals surface area contributed by atoms with Crippen molar-refractivity contribution in [3.05, 3.63) is 78.1 Å². The van der Waals surface area contributed by atoms with Gasteiger partial charge in [0.15, 0.2) is 0 Å². The number of nitrogens with zero attached hydrogens (tertiary/aromatic N) is 2. The van der Waals surface area contributed by atoms with Crippen LogP contribution in [0.2, 0.25) is 0 Å². The molecule has 0 radical (unpaired) electrons. The number of carbonyl (C=O) groups is 1. The summed E-state index contributed by atoms with van der Waals surface area (Å²) in [6.07, 6.45) is 1.69. The molecule has 0 saturated heterocycles. The summed E-state index contributed by atoms with van der Waals surface area (Å²) in [5.41, 5.74) is 3.10. The van der Waals surface area contributed by atoms with Crippen molar-refractivity contribution in [2.45, 2.75) is 40.2 Å². The van der Waals surface area contributed by atoms with E-state index in [2.05, 4.69) is 70.5 Å². The quantitative estimate of drug-likeness (QED) is 0.445. The third-order valence-electron chi connectivity index (χ3n) is 5.49. The molecule has 30 heavy (non-hydrogen) atoms. The molecule has 0 aliphatic heterocycles. The van der Waals surface area contributed by atoms with Gasteiger partial charge in [0.25, 0.3) is 0 Å². The Balaban J connectivity index is 1.59. The van der Waals surface area contributed by atoms with Crippen molar-refractivity contribution < 1.29 is 4.79 Å². The van der Waals surface area contributed by atoms with E-state index in [1.807, 2.05) is 26.8 Å². The zero-order chi connectivity index (χ0) is 21.1. The lowest BCUT2D eigenvalue weighted by atomic mass is 9.96. The van der Waals surface area contributed by atoms with Crippen LogP contribution in [0, 0.1) is 5.41 Å². The highest BCUT2D eigenvalue weighted by Crippen LogP contribution is 2.23. The summed E-state index contributed by atoms with van der Waals surface area (Å²) in [6.45, 7) is 7.25. The summed E-state index contributed by atoms with van der Waals surface area (Å²) in [5, 5.41) is 5.58. The third kappa shape index (κ3) is 4.23. The summed E-state index contributed by atoms with van der Waals surface area (Å²) in [6, 6.07) is 23.3. The monoisotopic (exact) mass is 399 g/mol. The Morgan fingerprint density at radius 1 is 0.967 bits per heavy atom. The zero-order valence-corrected chi connectivity index (χ0v) is 18.0. The van der Waals surface area contributed by atoms with Gasteiger partial charge in [0.2, 0.25) is 5.91 Å². The Morgan fingerprint density at radius 2 is 1.70 bits per heavy atom. The van der Waals surface area contributed by atoms with E-state index < -0.39 is 0 Å². The van der Waals surface area contributed by atoms with Gasteiger partial charge in [-0.3, -0.25) is 4.79 Å². The van der Waals surface area contributed by atoms with Gasteiger partial charge in [-0.2, -0.15) is 0 Å². The Morgan fingerprint density at radius 3 is 2.53 bits per heavy atom. The number of aryl methyl sites for hydroxylation is 1. The fourth-order valence-corrected chi connectivity index (χ4v) is 3.81. The van der Waals surface area contributed by atoms with Crippen molar-refractivity contribution >= 4 is 27.7 Å². The Bertz CT molecular complexity index is 1180. The highest BCUT2D eigenvalue weighted by Gasteiger charge is 2.20. The highest BCUT2D eigenvalue weighted by atomic mass is 16.2. The van der Waals surface area contributed by atoms with E-state index in [9.17, 15) is 4.79 Å². The molecule has 1 aromatic heterocycles. The van der Waals surface area contributed by atoms with E-state index in [4.69, 9.17) is 4.98 Å². The van der Waals surface area contributed by atoms with Crippen LogP contribution in [0.5, 0.6) is 0 Å². The van der Waals surface area contributed by atoms with Crippen LogP contribution in [0.4, 0.5) is 0 Å². The predicted molar refractivity (Wildman–Crippen MR) is 124 cm³/mol. The van der Waals surface area contributed by atoms with E-state index in [1.54, 1.807) is 0 Å². The first-order chi connectivity index (χ1) is 14.4. The van der Waals surface area contributed by atoms with Gasteiger partial charge in [-0.15, -0.1) is 0 Å². The third-order valence-corrected chi connectivity index (χ3v) is 5.49. The molecule has 0 aliphatic rings. The second kappa shape index (κ2) is 8.31. The topological polar surface area (TPSA) is 46.9 Å².